The maximum Gasteiger partial charge on any atom is 0.165 e. The van der Waals surface area contributed by atoms with Gasteiger partial charge in [-0.15, -0.1) is 0 Å². The van der Waals surface area contributed by atoms with Gasteiger partial charge in [0.1, 0.15) is 12.7 Å². The van der Waals surface area contributed by atoms with Crippen LogP contribution >= 0.6 is 0 Å². The number of rotatable bonds is 9. The Kier molecular flexibility index (Phi) is 7.35. The van der Waals surface area contributed by atoms with Gasteiger partial charge < -0.3 is 25.1 Å². The second-order valence-electron chi connectivity index (χ2n) is 4.00. The summed E-state index contributed by atoms with van der Waals surface area (Å²) >= 11 is 0. The van der Waals surface area contributed by atoms with E-state index in [2.05, 4.69) is 0 Å². The summed E-state index contributed by atoms with van der Waals surface area (Å²) in [6.45, 7) is 1.21. The van der Waals surface area contributed by atoms with Crippen molar-refractivity contribution in [2.24, 2.45) is 5.73 Å². The Bertz CT molecular complexity index is 376. The Morgan fingerprint density at radius 2 is 2.11 bits per heavy atom. The molecule has 0 aliphatic rings. The predicted octanol–water partition coefficient (Wildman–Crippen LogP) is 0.687. The molecule has 0 radical (unpaired) electrons. The molecular formula is C13H20FNO4. The number of methoxy groups -OCH3 is 1. The average Bonchev–Trinajstić information content (AvgIpc) is 2.42. The molecule has 0 bridgehead atoms. The van der Waals surface area contributed by atoms with E-state index in [9.17, 15) is 9.50 Å². The molecule has 6 heteroatoms. The van der Waals surface area contributed by atoms with E-state index >= 15 is 0 Å². The van der Waals surface area contributed by atoms with Gasteiger partial charge in [0.15, 0.2) is 11.6 Å². The highest BCUT2D eigenvalue weighted by atomic mass is 19.1. The molecule has 19 heavy (non-hydrogen) atoms. The summed E-state index contributed by atoms with van der Waals surface area (Å²) in [6.07, 6.45) is -0.814. The quantitative estimate of drug-likeness (QED) is 0.647. The molecule has 0 aliphatic heterocycles. The predicted molar refractivity (Wildman–Crippen MR) is 68.5 cm³/mol. The molecule has 0 amide bonds. The fraction of sp³-hybridized carbons (Fsp3) is 0.538. The first-order valence-corrected chi connectivity index (χ1v) is 6.03. The summed E-state index contributed by atoms with van der Waals surface area (Å²) in [4.78, 5) is 0. The highest BCUT2D eigenvalue weighted by molar-refractivity contribution is 5.29. The second-order valence-corrected chi connectivity index (χ2v) is 4.00. The molecule has 0 saturated heterocycles. The van der Waals surface area contributed by atoms with Crippen molar-refractivity contribution in [2.45, 2.75) is 12.6 Å². The zero-order valence-corrected chi connectivity index (χ0v) is 11.0. The number of hydrogen-bond acceptors (Lipinski definition) is 5. The standard InChI is InChI=1S/C13H20FNO4/c1-17-4-5-18-8-11(16)9-19-13-3-2-10(7-15)6-12(13)14/h2-3,6,11,16H,4-5,7-9,15H2,1H3. The zero-order chi connectivity index (χ0) is 14.1. The Balaban J connectivity index is 2.31. The van der Waals surface area contributed by atoms with Crippen LogP contribution in [0.4, 0.5) is 4.39 Å². The van der Waals surface area contributed by atoms with Crippen molar-refractivity contribution >= 4 is 0 Å². The topological polar surface area (TPSA) is 73.9 Å². The second kappa shape index (κ2) is 8.82. The molecule has 1 aromatic rings. The monoisotopic (exact) mass is 273 g/mol. The van der Waals surface area contributed by atoms with E-state index in [-0.39, 0.29) is 25.5 Å². The van der Waals surface area contributed by atoms with Crippen molar-refractivity contribution in [3.05, 3.63) is 29.6 Å². The average molecular weight is 273 g/mol. The lowest BCUT2D eigenvalue weighted by molar-refractivity contribution is -0.00469. The molecule has 0 fully saturated rings. The zero-order valence-electron chi connectivity index (χ0n) is 11.0. The Morgan fingerprint density at radius 1 is 1.32 bits per heavy atom. The van der Waals surface area contributed by atoms with E-state index in [1.165, 1.54) is 12.1 Å². The van der Waals surface area contributed by atoms with Crippen LogP contribution in [-0.2, 0) is 16.0 Å². The molecule has 0 aromatic heterocycles. The molecular weight excluding hydrogens is 253 g/mol. The van der Waals surface area contributed by atoms with Gasteiger partial charge in [0.2, 0.25) is 0 Å². The molecule has 1 rings (SSSR count). The number of halogens is 1. The number of ether oxygens (including phenoxy) is 3. The summed E-state index contributed by atoms with van der Waals surface area (Å²) in [5.74, 6) is -0.399. The lowest BCUT2D eigenvalue weighted by atomic mass is 10.2. The summed E-state index contributed by atoms with van der Waals surface area (Å²) < 4.78 is 28.6. The largest absolute Gasteiger partial charge is 0.488 e. The van der Waals surface area contributed by atoms with E-state index in [0.29, 0.717) is 18.8 Å². The van der Waals surface area contributed by atoms with Gasteiger partial charge in [-0.25, -0.2) is 4.39 Å². The van der Waals surface area contributed by atoms with Gasteiger partial charge in [0.25, 0.3) is 0 Å². The van der Waals surface area contributed by atoms with Crippen LogP contribution in [0.5, 0.6) is 5.75 Å². The fourth-order valence-corrected chi connectivity index (χ4v) is 1.38. The van der Waals surface area contributed by atoms with E-state index in [1.807, 2.05) is 0 Å². The van der Waals surface area contributed by atoms with Crippen LogP contribution in [0.3, 0.4) is 0 Å². The molecule has 0 aliphatic carbocycles. The van der Waals surface area contributed by atoms with Gasteiger partial charge in [-0.2, -0.15) is 0 Å². The van der Waals surface area contributed by atoms with Crippen LogP contribution in [0.2, 0.25) is 0 Å². The van der Waals surface area contributed by atoms with Crippen molar-refractivity contribution in [3.63, 3.8) is 0 Å². The maximum absolute atomic E-state index is 13.5. The van der Waals surface area contributed by atoms with Crippen molar-refractivity contribution < 1.29 is 23.7 Å². The Hall–Kier alpha value is -1.21. The van der Waals surface area contributed by atoms with Crippen LogP contribution in [0, 0.1) is 5.82 Å². The minimum absolute atomic E-state index is 0.0358. The summed E-state index contributed by atoms with van der Waals surface area (Å²) in [5.41, 5.74) is 6.08. The minimum Gasteiger partial charge on any atom is -0.488 e. The summed E-state index contributed by atoms with van der Waals surface area (Å²) in [5, 5.41) is 9.57. The molecule has 0 heterocycles. The first-order chi connectivity index (χ1) is 9.17. The summed E-state index contributed by atoms with van der Waals surface area (Å²) in [7, 11) is 1.57. The molecule has 3 N–H and O–H groups in total. The Labute approximate surface area is 112 Å². The third-order valence-electron chi connectivity index (χ3n) is 2.41. The molecule has 5 nitrogen and oxygen atoms in total. The van der Waals surface area contributed by atoms with Crippen LogP contribution in [0.1, 0.15) is 5.56 Å². The van der Waals surface area contributed by atoms with E-state index in [0.717, 1.165) is 0 Å². The van der Waals surface area contributed by atoms with Crippen LogP contribution in [0.25, 0.3) is 0 Å². The van der Waals surface area contributed by atoms with Gasteiger partial charge in [-0.05, 0) is 17.7 Å². The van der Waals surface area contributed by atoms with Crippen molar-refractivity contribution in [3.8, 4) is 5.75 Å². The smallest absolute Gasteiger partial charge is 0.165 e. The normalized spacial score (nSPS) is 12.4. The van der Waals surface area contributed by atoms with Crippen molar-refractivity contribution in [1.29, 1.82) is 0 Å². The summed E-state index contributed by atoms with van der Waals surface area (Å²) in [6, 6.07) is 4.49. The highest BCUT2D eigenvalue weighted by Gasteiger charge is 2.09. The van der Waals surface area contributed by atoms with E-state index in [1.54, 1.807) is 13.2 Å². The van der Waals surface area contributed by atoms with E-state index < -0.39 is 11.9 Å². The van der Waals surface area contributed by atoms with Crippen LogP contribution < -0.4 is 10.5 Å². The third kappa shape index (κ3) is 5.98. The number of hydrogen-bond donors (Lipinski definition) is 2. The van der Waals surface area contributed by atoms with Gasteiger partial charge in [-0.3, -0.25) is 0 Å². The number of nitrogens with two attached hydrogens (primary N) is 1. The number of benzene rings is 1. The van der Waals surface area contributed by atoms with Gasteiger partial charge in [0, 0.05) is 13.7 Å². The van der Waals surface area contributed by atoms with Crippen molar-refractivity contribution in [1.82, 2.24) is 0 Å². The molecule has 108 valence electrons. The fourth-order valence-electron chi connectivity index (χ4n) is 1.38. The Morgan fingerprint density at radius 3 is 2.74 bits per heavy atom. The molecule has 0 spiro atoms. The lowest BCUT2D eigenvalue weighted by Gasteiger charge is -2.13. The highest BCUT2D eigenvalue weighted by Crippen LogP contribution is 2.18. The maximum atomic E-state index is 13.5. The van der Waals surface area contributed by atoms with Gasteiger partial charge in [-0.1, -0.05) is 6.07 Å². The number of aliphatic hydroxyl groups is 1. The first-order valence-electron chi connectivity index (χ1n) is 6.03. The molecule has 1 unspecified atom stereocenters. The van der Waals surface area contributed by atoms with E-state index in [4.69, 9.17) is 19.9 Å². The lowest BCUT2D eigenvalue weighted by Crippen LogP contribution is -2.24. The van der Waals surface area contributed by atoms with Crippen molar-refractivity contribution in [2.75, 3.05) is 33.5 Å². The molecule has 1 aromatic carbocycles. The molecule has 0 saturated carbocycles. The first kappa shape index (κ1) is 15.8. The van der Waals surface area contributed by atoms with Crippen LogP contribution in [0.15, 0.2) is 18.2 Å². The van der Waals surface area contributed by atoms with Crippen LogP contribution in [-0.4, -0.2) is 44.7 Å². The third-order valence-corrected chi connectivity index (χ3v) is 2.41. The minimum atomic E-state index is -0.814. The van der Waals surface area contributed by atoms with Gasteiger partial charge >= 0.3 is 0 Å². The van der Waals surface area contributed by atoms with Gasteiger partial charge in [0.05, 0.1) is 19.8 Å². The SMILES string of the molecule is COCCOCC(O)COc1ccc(CN)cc1F. The molecule has 1 atom stereocenters. The number of aliphatic hydroxyl groups excluding tert-OH is 1.